The number of rotatable bonds is 8. The highest BCUT2D eigenvalue weighted by molar-refractivity contribution is 6.71. The maximum atomic E-state index is 15.1. The van der Waals surface area contributed by atoms with Crippen molar-refractivity contribution in [1.29, 1.82) is 0 Å². The second-order valence-electron chi connectivity index (χ2n) is 16.0. The van der Waals surface area contributed by atoms with Gasteiger partial charge in [0.2, 0.25) is 17.7 Å². The molecule has 8 rings (SSSR count). The van der Waals surface area contributed by atoms with Crippen molar-refractivity contribution in [3.8, 4) is 0 Å². The molecule has 1 spiro atoms. The number of hydrogen-bond acceptors (Lipinski definition) is 7. The molecule has 53 heavy (non-hydrogen) atoms. The zero-order valence-corrected chi connectivity index (χ0v) is 31.7. The molecule has 278 valence electrons. The van der Waals surface area contributed by atoms with Gasteiger partial charge in [-0.05, 0) is 79.4 Å². The number of benzene rings is 3. The van der Waals surface area contributed by atoms with Gasteiger partial charge in [-0.1, -0.05) is 43.3 Å². The largest absolute Gasteiger partial charge is 0.432 e. The summed E-state index contributed by atoms with van der Waals surface area (Å²) >= 11 is 0. The van der Waals surface area contributed by atoms with Crippen molar-refractivity contribution < 1.29 is 33.8 Å². The Morgan fingerprint density at radius 3 is 2.17 bits per heavy atom. The second-order valence-corrected chi connectivity index (χ2v) is 19.9. The first kappa shape index (κ1) is 35.7. The van der Waals surface area contributed by atoms with Gasteiger partial charge in [-0.25, -0.2) is 0 Å². The molecule has 5 aliphatic rings. The van der Waals surface area contributed by atoms with Crippen LogP contribution in [-0.4, -0.2) is 78.6 Å². The zero-order chi connectivity index (χ0) is 37.2. The number of aliphatic hydroxyl groups excluding tert-OH is 1. The van der Waals surface area contributed by atoms with Crippen LogP contribution < -0.4 is 14.7 Å². The number of carbonyl (C=O) groups is 4. The number of anilines is 3. The van der Waals surface area contributed by atoms with Crippen LogP contribution in [0, 0.1) is 5.92 Å². The Morgan fingerprint density at radius 1 is 0.906 bits per heavy atom. The van der Waals surface area contributed by atoms with E-state index >= 15 is 4.79 Å². The van der Waals surface area contributed by atoms with Gasteiger partial charge < -0.3 is 34.2 Å². The van der Waals surface area contributed by atoms with E-state index in [0.717, 1.165) is 35.2 Å². The Kier molecular flexibility index (Phi) is 9.08. The molecule has 5 heterocycles. The lowest BCUT2D eigenvalue weighted by molar-refractivity contribution is -0.151. The van der Waals surface area contributed by atoms with Gasteiger partial charge in [0.15, 0.2) is 13.9 Å². The van der Waals surface area contributed by atoms with E-state index in [1.807, 2.05) is 86.7 Å². The van der Waals surface area contributed by atoms with Crippen LogP contribution in [0.1, 0.15) is 61.3 Å². The van der Waals surface area contributed by atoms with Crippen LogP contribution in [0.2, 0.25) is 18.6 Å². The standard InChI is InChI=1S/C41H48N4O7Si/c1-26-39(53(2,3)51)35(22-38(49)44-24-29-9-5-4-8-28(29)20-32(44)25-46)52-41(26)33-21-31(43-19-7-11-37(43)48)16-17-34(33)45(40(41)50)23-27-12-14-30(15-13-27)42-18-6-10-36(42)47/h4-5,8-9,12-17,21,26,32,35,39,46,51H,6-7,10-11,18-20,22-25H2,1-3H3/t26-,32+,35+,39-,41+/m1/s1. The molecule has 3 aromatic carbocycles. The highest BCUT2D eigenvalue weighted by Gasteiger charge is 2.66. The summed E-state index contributed by atoms with van der Waals surface area (Å²) in [6.45, 7) is 7.35. The molecule has 11 nitrogen and oxygen atoms in total. The molecule has 0 saturated carbocycles. The molecule has 0 aromatic heterocycles. The van der Waals surface area contributed by atoms with Gasteiger partial charge in [-0.15, -0.1) is 0 Å². The summed E-state index contributed by atoms with van der Waals surface area (Å²) in [5, 5.41) is 10.3. The summed E-state index contributed by atoms with van der Waals surface area (Å²) < 4.78 is 7.04. The molecule has 3 aromatic rings. The number of amides is 4. The van der Waals surface area contributed by atoms with Crippen molar-refractivity contribution in [1.82, 2.24) is 4.90 Å². The average Bonchev–Trinajstić information content (AvgIpc) is 3.90. The van der Waals surface area contributed by atoms with Crippen LogP contribution in [-0.2, 0) is 49.0 Å². The van der Waals surface area contributed by atoms with Crippen molar-refractivity contribution in [3.05, 3.63) is 89.0 Å². The smallest absolute Gasteiger partial charge is 0.264 e. The predicted molar refractivity (Wildman–Crippen MR) is 203 cm³/mol. The maximum Gasteiger partial charge on any atom is 0.264 e. The number of aliphatic hydroxyl groups is 1. The van der Waals surface area contributed by atoms with Gasteiger partial charge >= 0.3 is 0 Å². The SMILES string of the molecule is C[C@@H]1[C@@H]([Si](C)(C)O)[C@H](CC(=O)N2Cc3ccccc3C[C@H]2CO)O[C@@]12C(=O)N(Cc1ccc(N3CCCC3=O)cc1)c1ccc(N3CCCC3=O)cc12. The topological polar surface area (TPSA) is 131 Å². The number of ether oxygens (including phenoxy) is 1. The Bertz CT molecular complexity index is 1960. The molecular weight excluding hydrogens is 689 g/mol. The molecule has 0 aliphatic carbocycles. The summed E-state index contributed by atoms with van der Waals surface area (Å²) in [4.78, 5) is 73.5. The van der Waals surface area contributed by atoms with E-state index in [1.165, 1.54) is 0 Å². The summed E-state index contributed by atoms with van der Waals surface area (Å²) in [6.07, 6.45) is 2.33. The van der Waals surface area contributed by atoms with Crippen LogP contribution in [0.15, 0.2) is 66.7 Å². The highest BCUT2D eigenvalue weighted by atomic mass is 28.4. The Balaban J connectivity index is 1.15. The number of fused-ring (bicyclic) bond motifs is 3. The summed E-state index contributed by atoms with van der Waals surface area (Å²) in [5.41, 5.74) is 3.91. The molecule has 0 bridgehead atoms. The van der Waals surface area contributed by atoms with Crippen LogP contribution in [0.5, 0.6) is 0 Å². The lowest BCUT2D eigenvalue weighted by atomic mass is 9.82. The second kappa shape index (κ2) is 13.5. The van der Waals surface area contributed by atoms with Crippen molar-refractivity contribution in [2.45, 2.75) is 94.9 Å². The average molecular weight is 737 g/mol. The monoisotopic (exact) mass is 736 g/mol. The van der Waals surface area contributed by atoms with Gasteiger partial charge in [0.25, 0.3) is 5.91 Å². The minimum Gasteiger partial charge on any atom is -0.432 e. The fourth-order valence-corrected chi connectivity index (χ4v) is 12.3. The minimum absolute atomic E-state index is 0.0314. The van der Waals surface area contributed by atoms with Gasteiger partial charge in [0.05, 0.1) is 37.4 Å². The predicted octanol–water partition coefficient (Wildman–Crippen LogP) is 4.62. The normalized spacial score (nSPS) is 27.0. The Labute approximate surface area is 311 Å². The van der Waals surface area contributed by atoms with Gasteiger partial charge in [0.1, 0.15) is 0 Å². The van der Waals surface area contributed by atoms with Gasteiger partial charge in [-0.3, -0.25) is 19.2 Å². The van der Waals surface area contributed by atoms with Crippen molar-refractivity contribution >= 4 is 49.0 Å². The van der Waals surface area contributed by atoms with Crippen molar-refractivity contribution in [2.24, 2.45) is 5.92 Å². The minimum atomic E-state index is -3.08. The first-order valence-corrected chi connectivity index (χ1v) is 22.0. The Hall–Kier alpha value is -4.36. The molecule has 0 radical (unpaired) electrons. The van der Waals surface area contributed by atoms with Crippen molar-refractivity contribution in [3.63, 3.8) is 0 Å². The van der Waals surface area contributed by atoms with Crippen LogP contribution in [0.25, 0.3) is 0 Å². The van der Waals surface area contributed by atoms with Gasteiger partial charge in [-0.2, -0.15) is 0 Å². The number of nitrogens with zero attached hydrogens (tertiary/aromatic N) is 4. The van der Waals surface area contributed by atoms with E-state index < -0.39 is 31.5 Å². The number of hydrogen-bond donors (Lipinski definition) is 2. The van der Waals surface area contributed by atoms with E-state index in [0.29, 0.717) is 55.8 Å². The molecule has 5 atom stereocenters. The summed E-state index contributed by atoms with van der Waals surface area (Å²) in [6, 6.07) is 21.0. The summed E-state index contributed by atoms with van der Waals surface area (Å²) in [5.74, 6) is -0.803. The Morgan fingerprint density at radius 2 is 1.55 bits per heavy atom. The van der Waals surface area contributed by atoms with Gasteiger partial charge in [0, 0.05) is 60.9 Å². The van der Waals surface area contributed by atoms with E-state index in [2.05, 4.69) is 0 Å². The number of carbonyl (C=O) groups excluding carboxylic acids is 4. The van der Waals surface area contributed by atoms with Crippen LogP contribution >= 0.6 is 0 Å². The molecule has 12 heteroatoms. The summed E-state index contributed by atoms with van der Waals surface area (Å²) in [7, 11) is -3.08. The van der Waals surface area contributed by atoms with Crippen LogP contribution in [0.3, 0.4) is 0 Å². The fraction of sp³-hybridized carbons (Fsp3) is 0.463. The quantitative estimate of drug-likeness (QED) is 0.323. The third kappa shape index (κ3) is 6.00. The molecule has 3 saturated heterocycles. The lowest BCUT2D eigenvalue weighted by Crippen LogP contribution is -2.48. The third-order valence-electron chi connectivity index (χ3n) is 12.3. The third-order valence-corrected chi connectivity index (χ3v) is 14.8. The first-order valence-electron chi connectivity index (χ1n) is 18.9. The lowest BCUT2D eigenvalue weighted by Gasteiger charge is -2.37. The maximum absolute atomic E-state index is 15.1. The zero-order valence-electron chi connectivity index (χ0n) is 30.7. The van der Waals surface area contributed by atoms with E-state index in [9.17, 15) is 24.3 Å². The molecule has 5 aliphatic heterocycles. The molecule has 4 amide bonds. The highest BCUT2D eigenvalue weighted by Crippen LogP contribution is 2.60. The fourth-order valence-electron chi connectivity index (χ4n) is 9.73. The molecule has 3 fully saturated rings. The molecule has 2 N–H and O–H groups in total. The van der Waals surface area contributed by atoms with Crippen molar-refractivity contribution in [2.75, 3.05) is 34.4 Å². The molecule has 0 unspecified atom stereocenters. The molecular formula is C41H48N4O7Si. The first-order chi connectivity index (χ1) is 25.4. The van der Waals surface area contributed by atoms with E-state index in [-0.39, 0.29) is 49.2 Å². The van der Waals surface area contributed by atoms with Crippen LogP contribution in [0.4, 0.5) is 17.1 Å². The van der Waals surface area contributed by atoms with E-state index in [4.69, 9.17) is 4.74 Å². The van der Waals surface area contributed by atoms with E-state index in [1.54, 1.807) is 19.6 Å².